The van der Waals surface area contributed by atoms with Gasteiger partial charge in [0.15, 0.2) is 0 Å². The van der Waals surface area contributed by atoms with Crippen LogP contribution in [0.25, 0.3) is 87.6 Å². The SMILES string of the molecule is [2H]c1c([2H])c([2H])c(-c2ccc3c(c2)oc2cccc(-c4c5ccccc5c(-c5cccc6ccccc56)c5ccccc45)c23)c([2H])c1[2H]. The fourth-order valence-corrected chi connectivity index (χ4v) is 6.74. The van der Waals surface area contributed by atoms with Crippen LogP contribution in [-0.4, -0.2) is 0 Å². The minimum atomic E-state index is -0.408. The lowest BCUT2D eigenvalue weighted by atomic mass is 9.84. The number of fused-ring (bicyclic) bond motifs is 6. The Bertz CT molecular complexity index is 2700. The van der Waals surface area contributed by atoms with E-state index in [1.807, 2.05) is 24.3 Å². The smallest absolute Gasteiger partial charge is 0.136 e. The maximum Gasteiger partial charge on any atom is 0.136 e. The molecule has 0 fully saturated rings. The third-order valence-corrected chi connectivity index (χ3v) is 8.55. The third kappa shape index (κ3) is 3.65. The summed E-state index contributed by atoms with van der Waals surface area (Å²) in [6.45, 7) is 0. The van der Waals surface area contributed by atoms with Crippen molar-refractivity contribution in [1.29, 1.82) is 0 Å². The van der Waals surface area contributed by atoms with Crippen molar-refractivity contribution in [3.8, 4) is 33.4 Å². The van der Waals surface area contributed by atoms with Crippen LogP contribution in [0.3, 0.4) is 0 Å². The second kappa shape index (κ2) is 9.44. The van der Waals surface area contributed by atoms with Crippen molar-refractivity contribution in [2.24, 2.45) is 0 Å². The maximum atomic E-state index is 8.51. The lowest BCUT2D eigenvalue weighted by Gasteiger charge is -2.19. The van der Waals surface area contributed by atoms with E-state index < -0.39 is 6.04 Å². The van der Waals surface area contributed by atoms with Crippen LogP contribution in [0.5, 0.6) is 0 Å². The van der Waals surface area contributed by atoms with Crippen LogP contribution in [0.15, 0.2) is 162 Å². The molecule has 1 heterocycles. The van der Waals surface area contributed by atoms with E-state index in [1.165, 1.54) is 21.9 Å². The lowest BCUT2D eigenvalue weighted by Crippen LogP contribution is -1.92. The molecule has 0 aliphatic rings. The summed E-state index contributed by atoms with van der Waals surface area (Å²) in [6, 6.07) is 42.3. The van der Waals surface area contributed by atoms with Gasteiger partial charge in [0.25, 0.3) is 0 Å². The molecule has 9 rings (SSSR count). The van der Waals surface area contributed by atoms with Crippen LogP contribution in [0.2, 0.25) is 0 Å². The molecule has 0 bridgehead atoms. The number of furan rings is 1. The molecule has 0 radical (unpaired) electrons. The lowest BCUT2D eigenvalue weighted by molar-refractivity contribution is 0.669. The predicted octanol–water partition coefficient (Wildman–Crippen LogP) is 12.0. The van der Waals surface area contributed by atoms with Crippen LogP contribution in [0, 0.1) is 0 Å². The van der Waals surface area contributed by atoms with Gasteiger partial charge in [0, 0.05) is 10.8 Å². The van der Waals surface area contributed by atoms with Crippen molar-refractivity contribution in [3.05, 3.63) is 158 Å². The van der Waals surface area contributed by atoms with Crippen molar-refractivity contribution in [2.45, 2.75) is 0 Å². The van der Waals surface area contributed by atoms with E-state index in [0.29, 0.717) is 16.7 Å². The summed E-state index contributed by atoms with van der Waals surface area (Å²) in [7, 11) is 0. The normalized spacial score (nSPS) is 13.3. The summed E-state index contributed by atoms with van der Waals surface area (Å²) in [5, 5.41) is 8.86. The van der Waals surface area contributed by atoms with Gasteiger partial charge in [-0.2, -0.15) is 0 Å². The van der Waals surface area contributed by atoms with Gasteiger partial charge in [-0.3, -0.25) is 0 Å². The van der Waals surface area contributed by atoms with E-state index in [1.54, 1.807) is 6.07 Å². The van der Waals surface area contributed by atoms with Gasteiger partial charge >= 0.3 is 0 Å². The van der Waals surface area contributed by atoms with Gasteiger partial charge in [-0.15, -0.1) is 0 Å². The van der Waals surface area contributed by atoms with Gasteiger partial charge in [0.1, 0.15) is 11.2 Å². The molecule has 0 saturated carbocycles. The van der Waals surface area contributed by atoms with E-state index >= 15 is 0 Å². The largest absolute Gasteiger partial charge is 0.456 e. The third-order valence-electron chi connectivity index (χ3n) is 8.55. The predicted molar refractivity (Wildman–Crippen MR) is 183 cm³/mol. The first-order valence-electron chi connectivity index (χ1n) is 16.9. The molecule has 8 aromatic carbocycles. The molecule has 0 aliphatic heterocycles. The van der Waals surface area contributed by atoms with Crippen LogP contribution in [0.1, 0.15) is 6.85 Å². The Hall–Kier alpha value is -5.66. The monoisotopic (exact) mass is 551 g/mol. The molecule has 1 nitrogen and oxygen atoms in total. The minimum absolute atomic E-state index is 0.157. The average Bonchev–Trinajstić information content (AvgIpc) is 3.50. The van der Waals surface area contributed by atoms with Gasteiger partial charge in [0.05, 0.1) is 6.85 Å². The van der Waals surface area contributed by atoms with Crippen molar-refractivity contribution >= 4 is 54.3 Å². The molecule has 0 unspecified atom stereocenters. The highest BCUT2D eigenvalue weighted by Crippen LogP contribution is 2.48. The number of benzene rings is 8. The Morgan fingerprint density at radius 3 is 1.72 bits per heavy atom. The Kier molecular flexibility index (Phi) is 4.27. The topological polar surface area (TPSA) is 13.1 Å². The average molecular weight is 552 g/mol. The number of rotatable bonds is 3. The highest BCUT2D eigenvalue weighted by atomic mass is 16.3. The second-order valence-electron chi connectivity index (χ2n) is 10.9. The van der Waals surface area contributed by atoms with E-state index in [2.05, 4.69) is 97.1 Å². The first kappa shape index (κ1) is 19.5. The second-order valence-corrected chi connectivity index (χ2v) is 10.9. The first-order valence-corrected chi connectivity index (χ1v) is 14.4. The highest BCUT2D eigenvalue weighted by molar-refractivity contribution is 6.27. The zero-order valence-corrected chi connectivity index (χ0v) is 23.0. The molecule has 0 saturated heterocycles. The first-order chi connectivity index (χ1) is 23.4. The summed E-state index contributed by atoms with van der Waals surface area (Å²) < 4.78 is 47.8. The Morgan fingerprint density at radius 1 is 0.419 bits per heavy atom. The summed E-state index contributed by atoms with van der Waals surface area (Å²) in [5.74, 6) is 0. The van der Waals surface area contributed by atoms with Crippen molar-refractivity contribution in [3.63, 3.8) is 0 Å². The molecule has 0 amide bonds. The van der Waals surface area contributed by atoms with Crippen molar-refractivity contribution < 1.29 is 11.3 Å². The molecule has 0 N–H and O–H groups in total. The van der Waals surface area contributed by atoms with Crippen LogP contribution >= 0.6 is 0 Å². The quantitative estimate of drug-likeness (QED) is 0.199. The molecular weight excluding hydrogens is 520 g/mol. The molecule has 200 valence electrons. The van der Waals surface area contributed by atoms with Gasteiger partial charge in [-0.1, -0.05) is 139 Å². The van der Waals surface area contributed by atoms with Crippen molar-refractivity contribution in [1.82, 2.24) is 0 Å². The number of hydrogen-bond donors (Lipinski definition) is 0. The molecule has 9 aromatic rings. The molecule has 43 heavy (non-hydrogen) atoms. The highest BCUT2D eigenvalue weighted by Gasteiger charge is 2.21. The molecule has 0 aliphatic carbocycles. The van der Waals surface area contributed by atoms with Crippen molar-refractivity contribution in [2.75, 3.05) is 0 Å². The van der Waals surface area contributed by atoms with E-state index in [4.69, 9.17) is 11.3 Å². The van der Waals surface area contributed by atoms with Crippen LogP contribution in [-0.2, 0) is 0 Å². The summed E-state index contributed by atoms with van der Waals surface area (Å²) in [4.78, 5) is 0. The fourth-order valence-electron chi connectivity index (χ4n) is 6.74. The number of hydrogen-bond acceptors (Lipinski definition) is 1. The van der Waals surface area contributed by atoms with Crippen LogP contribution < -0.4 is 0 Å². The molecule has 0 atom stereocenters. The minimum Gasteiger partial charge on any atom is -0.456 e. The van der Waals surface area contributed by atoms with Gasteiger partial charge in [-0.25, -0.2) is 0 Å². The zero-order valence-electron chi connectivity index (χ0n) is 28.0. The van der Waals surface area contributed by atoms with E-state index in [9.17, 15) is 0 Å². The molecule has 1 heteroatoms. The Morgan fingerprint density at radius 2 is 1.00 bits per heavy atom. The fraction of sp³-hybridized carbons (Fsp3) is 0. The summed E-state index contributed by atoms with van der Waals surface area (Å²) in [6.07, 6.45) is 0. The van der Waals surface area contributed by atoms with Gasteiger partial charge in [-0.05, 0) is 83.9 Å². The molecule has 0 spiro atoms. The van der Waals surface area contributed by atoms with Crippen LogP contribution in [0.4, 0.5) is 0 Å². The summed E-state index contributed by atoms with van der Waals surface area (Å²) >= 11 is 0. The molecule has 1 aromatic heterocycles. The molecular formula is C42H26O. The zero-order chi connectivity index (χ0) is 32.7. The van der Waals surface area contributed by atoms with E-state index in [-0.39, 0.29) is 29.7 Å². The maximum absolute atomic E-state index is 8.51. The van der Waals surface area contributed by atoms with Gasteiger partial charge < -0.3 is 4.42 Å². The summed E-state index contributed by atoms with van der Waals surface area (Å²) in [5.41, 5.74) is 6.52. The standard InChI is InChI=1S/C42H26O/c1-2-12-27(13-3-1)29-24-25-36-39(26-29)43-38-23-11-22-37(42(36)38)41-34-19-8-6-17-32(34)40(33-18-7-9-20-35(33)41)31-21-10-15-28-14-4-5-16-30(28)31/h1-26H/i1D,2D,3D,12D,13D. The Balaban J connectivity index is 1.35. The van der Waals surface area contributed by atoms with E-state index in [0.717, 1.165) is 43.4 Å². The van der Waals surface area contributed by atoms with Gasteiger partial charge in [0.2, 0.25) is 0 Å². The Labute approximate surface area is 256 Å².